The minimum Gasteiger partial charge on any atom is -0.494 e. The van der Waals surface area contributed by atoms with E-state index in [1.165, 1.54) is 13.2 Å². The van der Waals surface area contributed by atoms with Gasteiger partial charge in [-0.25, -0.2) is 13.2 Å². The van der Waals surface area contributed by atoms with Crippen LogP contribution < -0.4 is 4.74 Å². The average Bonchev–Trinajstić information content (AvgIpc) is 2.78. The zero-order chi connectivity index (χ0) is 22.4. The third-order valence-corrected chi connectivity index (χ3v) is 5.81. The lowest BCUT2D eigenvalue weighted by Gasteiger charge is -2.20. The van der Waals surface area contributed by atoms with Crippen LogP contribution in [0.3, 0.4) is 0 Å². The van der Waals surface area contributed by atoms with Crippen molar-refractivity contribution in [3.8, 4) is 5.75 Å². The highest BCUT2D eigenvalue weighted by Gasteiger charge is 2.19. The van der Waals surface area contributed by atoms with E-state index in [-0.39, 0.29) is 5.75 Å². The van der Waals surface area contributed by atoms with Crippen LogP contribution in [0.1, 0.15) is 55.7 Å². The number of hydrogen-bond donors (Lipinski definition) is 0. The van der Waals surface area contributed by atoms with Gasteiger partial charge in [-0.3, -0.25) is 0 Å². The number of halogens is 4. The van der Waals surface area contributed by atoms with Crippen LogP contribution in [0, 0.1) is 29.2 Å². The van der Waals surface area contributed by atoms with Gasteiger partial charge in [0.05, 0.1) is 7.11 Å². The van der Waals surface area contributed by atoms with Crippen molar-refractivity contribution in [2.24, 2.45) is 5.92 Å². The fraction of sp³-hybridized carbons (Fsp3) is 0.385. The molecule has 0 aromatic heterocycles. The van der Waals surface area contributed by atoms with Gasteiger partial charge in [-0.15, -0.1) is 0 Å². The Labute approximate surface area is 181 Å². The van der Waals surface area contributed by atoms with Crippen LogP contribution in [0.4, 0.5) is 17.6 Å². The Kier molecular flexibility index (Phi) is 7.94. The van der Waals surface area contributed by atoms with Crippen LogP contribution in [0.15, 0.2) is 42.5 Å². The number of hydrogen-bond acceptors (Lipinski definition) is 1. The maximum absolute atomic E-state index is 14.5. The zero-order valence-corrected chi connectivity index (χ0v) is 18.0. The van der Waals surface area contributed by atoms with Gasteiger partial charge in [0.15, 0.2) is 23.2 Å². The fourth-order valence-corrected chi connectivity index (χ4v) is 4.02. The molecule has 1 unspecified atom stereocenters. The molecule has 0 spiro atoms. The lowest BCUT2D eigenvalue weighted by molar-refractivity contribution is 0.370. The summed E-state index contributed by atoms with van der Waals surface area (Å²) in [5.74, 6) is -3.10. The van der Waals surface area contributed by atoms with Gasteiger partial charge in [-0.2, -0.15) is 4.39 Å². The minimum atomic E-state index is -0.958. The van der Waals surface area contributed by atoms with E-state index in [4.69, 9.17) is 4.74 Å². The number of allylic oxidation sites excluding steroid dienone is 4. The molecule has 3 rings (SSSR count). The van der Waals surface area contributed by atoms with Crippen molar-refractivity contribution < 1.29 is 22.3 Å². The summed E-state index contributed by atoms with van der Waals surface area (Å²) >= 11 is 0. The number of ether oxygens (including phenoxy) is 1. The summed E-state index contributed by atoms with van der Waals surface area (Å²) in [6.07, 6.45) is 10.6. The van der Waals surface area contributed by atoms with Gasteiger partial charge in [0, 0.05) is 5.56 Å². The summed E-state index contributed by atoms with van der Waals surface area (Å²) in [4.78, 5) is 0. The summed E-state index contributed by atoms with van der Waals surface area (Å²) < 4.78 is 61.3. The maximum atomic E-state index is 14.5. The molecule has 0 fully saturated rings. The molecule has 0 aliphatic heterocycles. The normalized spacial score (nSPS) is 16.6. The molecule has 31 heavy (non-hydrogen) atoms. The molecule has 2 aromatic carbocycles. The van der Waals surface area contributed by atoms with Crippen LogP contribution in [0.2, 0.25) is 0 Å². The Bertz CT molecular complexity index is 978. The number of methoxy groups -OCH3 is 1. The Morgan fingerprint density at radius 1 is 0.935 bits per heavy atom. The highest BCUT2D eigenvalue weighted by Crippen LogP contribution is 2.33. The smallest absolute Gasteiger partial charge is 0.200 e. The third kappa shape index (κ3) is 5.38. The van der Waals surface area contributed by atoms with Crippen LogP contribution in [0.5, 0.6) is 5.75 Å². The van der Waals surface area contributed by atoms with Crippen molar-refractivity contribution in [3.63, 3.8) is 0 Å². The molecule has 0 bridgehead atoms. The lowest BCUT2D eigenvalue weighted by Crippen LogP contribution is -2.06. The van der Waals surface area contributed by atoms with Gasteiger partial charge in [0.25, 0.3) is 0 Å². The molecule has 0 heterocycles. The molecule has 0 radical (unpaired) electrons. The molecule has 0 amide bonds. The largest absolute Gasteiger partial charge is 0.494 e. The van der Waals surface area contributed by atoms with E-state index in [9.17, 15) is 17.6 Å². The van der Waals surface area contributed by atoms with E-state index in [0.29, 0.717) is 48.3 Å². The van der Waals surface area contributed by atoms with Gasteiger partial charge in [0.1, 0.15) is 0 Å². The first kappa shape index (κ1) is 23.1. The SMILES string of the molecule is CCCc1ccc(C2=CCC(C=CCCc3ccc(OC)c(F)c3F)CC2)c(F)c1F. The predicted molar refractivity (Wildman–Crippen MR) is 116 cm³/mol. The predicted octanol–water partition coefficient (Wildman–Crippen LogP) is 7.58. The molecule has 0 saturated heterocycles. The molecule has 0 saturated carbocycles. The Hall–Kier alpha value is -2.56. The number of rotatable bonds is 8. The third-order valence-electron chi connectivity index (χ3n) is 5.81. The zero-order valence-electron chi connectivity index (χ0n) is 18.0. The lowest BCUT2D eigenvalue weighted by atomic mass is 9.85. The first-order valence-corrected chi connectivity index (χ1v) is 10.8. The standard InChI is InChI=1S/C26H28F4O/c1-3-6-19-13-15-21(25(29)23(19)27)18-11-9-17(10-12-18)7-4-5-8-20-14-16-22(31-2)26(30)24(20)28/h4,7,11,13-17H,3,5-6,8-10,12H2,1-2H3. The molecule has 5 heteroatoms. The minimum absolute atomic E-state index is 0.0992. The first-order valence-electron chi connectivity index (χ1n) is 10.8. The van der Waals surface area contributed by atoms with Gasteiger partial charge in [-0.1, -0.05) is 49.8 Å². The second-order valence-electron chi connectivity index (χ2n) is 7.94. The number of benzene rings is 2. The van der Waals surface area contributed by atoms with Crippen LogP contribution in [0.25, 0.3) is 5.57 Å². The van der Waals surface area contributed by atoms with Gasteiger partial charge in [-0.05, 0) is 67.2 Å². The van der Waals surface area contributed by atoms with E-state index in [1.807, 2.05) is 19.1 Å². The summed E-state index contributed by atoms with van der Waals surface area (Å²) in [6, 6.07) is 6.35. The van der Waals surface area contributed by atoms with E-state index in [1.54, 1.807) is 18.2 Å². The Balaban J connectivity index is 1.57. The van der Waals surface area contributed by atoms with Crippen molar-refractivity contribution in [3.05, 3.63) is 82.5 Å². The topological polar surface area (TPSA) is 9.23 Å². The Morgan fingerprint density at radius 2 is 1.65 bits per heavy atom. The van der Waals surface area contributed by atoms with E-state index in [0.717, 1.165) is 24.8 Å². The molecule has 166 valence electrons. The fourth-order valence-electron chi connectivity index (χ4n) is 4.02. The molecule has 0 N–H and O–H groups in total. The van der Waals surface area contributed by atoms with E-state index >= 15 is 0 Å². The second kappa shape index (κ2) is 10.7. The van der Waals surface area contributed by atoms with Crippen molar-refractivity contribution in [1.82, 2.24) is 0 Å². The van der Waals surface area contributed by atoms with Crippen molar-refractivity contribution in [1.29, 1.82) is 0 Å². The van der Waals surface area contributed by atoms with Gasteiger partial charge >= 0.3 is 0 Å². The van der Waals surface area contributed by atoms with Crippen LogP contribution in [-0.4, -0.2) is 7.11 Å². The molecular formula is C26H28F4O. The summed E-state index contributed by atoms with van der Waals surface area (Å²) in [5.41, 5.74) is 1.95. The first-order chi connectivity index (χ1) is 15.0. The maximum Gasteiger partial charge on any atom is 0.200 e. The van der Waals surface area contributed by atoms with E-state index in [2.05, 4.69) is 6.08 Å². The van der Waals surface area contributed by atoms with Crippen LogP contribution >= 0.6 is 0 Å². The van der Waals surface area contributed by atoms with Crippen molar-refractivity contribution in [2.45, 2.75) is 51.9 Å². The van der Waals surface area contributed by atoms with Gasteiger partial charge < -0.3 is 4.74 Å². The van der Waals surface area contributed by atoms with E-state index < -0.39 is 23.3 Å². The molecule has 2 aromatic rings. The second-order valence-corrected chi connectivity index (χ2v) is 7.94. The van der Waals surface area contributed by atoms with Crippen molar-refractivity contribution >= 4 is 5.57 Å². The summed E-state index contributed by atoms with van der Waals surface area (Å²) in [5, 5.41) is 0. The molecule has 1 nitrogen and oxygen atoms in total. The Morgan fingerprint density at radius 3 is 2.32 bits per heavy atom. The average molecular weight is 433 g/mol. The van der Waals surface area contributed by atoms with Crippen LogP contribution in [-0.2, 0) is 12.8 Å². The summed E-state index contributed by atoms with van der Waals surface area (Å²) in [6.45, 7) is 1.94. The number of aryl methyl sites for hydroxylation is 2. The summed E-state index contributed by atoms with van der Waals surface area (Å²) in [7, 11) is 1.30. The quantitative estimate of drug-likeness (QED) is 0.309. The molecule has 1 aliphatic rings. The molecular weight excluding hydrogens is 404 g/mol. The molecule has 1 atom stereocenters. The van der Waals surface area contributed by atoms with Crippen molar-refractivity contribution in [2.75, 3.05) is 7.11 Å². The molecule has 1 aliphatic carbocycles. The van der Waals surface area contributed by atoms with Gasteiger partial charge in [0.2, 0.25) is 5.82 Å². The highest BCUT2D eigenvalue weighted by molar-refractivity contribution is 5.67. The highest BCUT2D eigenvalue weighted by atomic mass is 19.2. The monoisotopic (exact) mass is 432 g/mol.